The molecule has 0 N–H and O–H groups in total. The standard InChI is InChI=1S/C3H2BrNOS/c4-3-1-5(6)7-2-3/h1-2H. The molecule has 0 aliphatic heterocycles. The van der Waals surface area contributed by atoms with Crippen LogP contribution in [0.15, 0.2) is 16.0 Å². The highest BCUT2D eigenvalue weighted by molar-refractivity contribution is 9.10. The van der Waals surface area contributed by atoms with Gasteiger partial charge in [-0.05, 0) is 15.9 Å². The lowest BCUT2D eigenvalue weighted by molar-refractivity contribution is -0.530. The molecule has 0 bridgehead atoms. The van der Waals surface area contributed by atoms with Crippen molar-refractivity contribution in [2.45, 2.75) is 0 Å². The minimum atomic E-state index is 0.782. The Hall–Kier alpha value is -0.0900. The van der Waals surface area contributed by atoms with E-state index in [1.807, 2.05) is 0 Å². The minimum Gasteiger partial charge on any atom is -0.606 e. The molecular formula is C3H2BrNOS. The topological polar surface area (TPSA) is 26.9 Å². The van der Waals surface area contributed by atoms with Crippen LogP contribution in [0.1, 0.15) is 0 Å². The summed E-state index contributed by atoms with van der Waals surface area (Å²) < 4.78 is 1.62. The summed E-state index contributed by atoms with van der Waals surface area (Å²) in [6, 6.07) is 0. The zero-order valence-electron chi connectivity index (χ0n) is 3.30. The highest BCUT2D eigenvalue weighted by atomic mass is 79.9. The fraction of sp³-hybridized carbons (Fsp3) is 0. The second kappa shape index (κ2) is 1.79. The van der Waals surface area contributed by atoms with Crippen LogP contribution in [0.4, 0.5) is 0 Å². The molecule has 1 aromatic rings. The maximum atomic E-state index is 10.2. The van der Waals surface area contributed by atoms with Crippen LogP contribution in [0.5, 0.6) is 0 Å². The summed E-state index contributed by atoms with van der Waals surface area (Å²) in [6.45, 7) is 0. The van der Waals surface area contributed by atoms with Crippen LogP contribution in [-0.4, -0.2) is 0 Å². The zero-order valence-corrected chi connectivity index (χ0v) is 5.70. The Bertz CT molecular complexity index is 147. The summed E-state index contributed by atoms with van der Waals surface area (Å²) in [5, 5.41) is 11.9. The van der Waals surface area contributed by atoms with Gasteiger partial charge in [-0.3, -0.25) is 0 Å². The number of aromatic nitrogens is 1. The van der Waals surface area contributed by atoms with Gasteiger partial charge in [0.2, 0.25) is 6.20 Å². The Morgan fingerprint density at radius 3 is 2.71 bits per heavy atom. The first-order chi connectivity index (χ1) is 3.29. The van der Waals surface area contributed by atoms with Gasteiger partial charge in [0, 0.05) is 0 Å². The second-order valence-corrected chi connectivity index (χ2v) is 2.74. The third kappa shape index (κ3) is 1.14. The van der Waals surface area contributed by atoms with Gasteiger partial charge >= 0.3 is 0 Å². The summed E-state index contributed by atoms with van der Waals surface area (Å²) in [6.07, 6.45) is 1.46. The maximum absolute atomic E-state index is 10.2. The maximum Gasteiger partial charge on any atom is 0.210 e. The van der Waals surface area contributed by atoms with Crippen molar-refractivity contribution < 1.29 is 4.12 Å². The fourth-order valence-electron chi connectivity index (χ4n) is 0.264. The fourth-order valence-corrected chi connectivity index (χ4v) is 1.28. The molecule has 38 valence electrons. The average Bonchev–Trinajstić information content (AvgIpc) is 1.87. The molecule has 0 saturated heterocycles. The van der Waals surface area contributed by atoms with Gasteiger partial charge in [0.05, 0.1) is 9.85 Å². The van der Waals surface area contributed by atoms with Gasteiger partial charge in [0.1, 0.15) is 11.5 Å². The van der Waals surface area contributed by atoms with Crippen molar-refractivity contribution in [1.82, 2.24) is 0 Å². The molecule has 2 nitrogen and oxygen atoms in total. The molecule has 0 unspecified atom stereocenters. The molecule has 0 fully saturated rings. The SMILES string of the molecule is [O-][n+]1cc(Br)cs1. The van der Waals surface area contributed by atoms with Crippen molar-refractivity contribution in [3.05, 3.63) is 21.3 Å². The van der Waals surface area contributed by atoms with Crippen molar-refractivity contribution >= 4 is 27.5 Å². The molecule has 0 atom stereocenters. The Balaban J connectivity index is 3.04. The molecule has 0 aliphatic rings. The van der Waals surface area contributed by atoms with Crippen LogP contribution >= 0.6 is 27.5 Å². The minimum absolute atomic E-state index is 0.782. The number of hydrogen-bond acceptors (Lipinski definition) is 2. The van der Waals surface area contributed by atoms with Gasteiger partial charge in [-0.1, -0.05) is 0 Å². The smallest absolute Gasteiger partial charge is 0.210 e. The molecule has 1 rings (SSSR count). The number of rotatable bonds is 0. The zero-order chi connectivity index (χ0) is 5.28. The highest BCUT2D eigenvalue weighted by Crippen LogP contribution is 2.06. The molecular weight excluding hydrogens is 178 g/mol. The Morgan fingerprint density at radius 1 is 1.86 bits per heavy atom. The molecule has 0 spiro atoms. The predicted molar refractivity (Wildman–Crippen MR) is 31.0 cm³/mol. The van der Waals surface area contributed by atoms with E-state index in [0.29, 0.717) is 0 Å². The van der Waals surface area contributed by atoms with Gasteiger partial charge in [-0.2, -0.15) is 0 Å². The first-order valence-corrected chi connectivity index (χ1v) is 3.25. The van der Waals surface area contributed by atoms with Crippen LogP contribution in [0.2, 0.25) is 0 Å². The Morgan fingerprint density at radius 2 is 2.57 bits per heavy atom. The average molecular weight is 180 g/mol. The first kappa shape index (κ1) is 5.05. The quantitative estimate of drug-likeness (QED) is 0.434. The van der Waals surface area contributed by atoms with Crippen molar-refractivity contribution in [3.8, 4) is 0 Å². The predicted octanol–water partition coefficient (Wildman–Crippen LogP) is 1.14. The van der Waals surface area contributed by atoms with E-state index in [9.17, 15) is 5.21 Å². The van der Waals surface area contributed by atoms with Gasteiger partial charge in [0.25, 0.3) is 0 Å². The van der Waals surface area contributed by atoms with E-state index in [2.05, 4.69) is 15.9 Å². The summed E-state index contributed by atoms with van der Waals surface area (Å²) in [4.78, 5) is 0. The highest BCUT2D eigenvalue weighted by Gasteiger charge is 1.92. The lowest BCUT2D eigenvalue weighted by Gasteiger charge is -1.77. The van der Waals surface area contributed by atoms with E-state index in [1.165, 1.54) is 6.20 Å². The van der Waals surface area contributed by atoms with Gasteiger partial charge in [-0.25, -0.2) is 0 Å². The molecule has 0 radical (unpaired) electrons. The lowest BCUT2D eigenvalue weighted by Crippen LogP contribution is -2.16. The molecule has 7 heavy (non-hydrogen) atoms. The number of halogens is 1. The van der Waals surface area contributed by atoms with E-state index >= 15 is 0 Å². The molecule has 1 aromatic heterocycles. The van der Waals surface area contributed by atoms with Gasteiger partial charge in [-0.15, -0.1) is 4.12 Å². The molecule has 1 heterocycles. The van der Waals surface area contributed by atoms with Crippen LogP contribution in [-0.2, 0) is 0 Å². The van der Waals surface area contributed by atoms with Crippen LogP contribution < -0.4 is 4.12 Å². The van der Waals surface area contributed by atoms with E-state index in [-0.39, 0.29) is 0 Å². The number of nitrogens with zero attached hydrogens (tertiary/aromatic N) is 1. The second-order valence-electron chi connectivity index (χ2n) is 1.02. The van der Waals surface area contributed by atoms with Crippen molar-refractivity contribution in [2.24, 2.45) is 0 Å². The monoisotopic (exact) mass is 179 g/mol. The molecule has 0 aromatic carbocycles. The van der Waals surface area contributed by atoms with Crippen molar-refractivity contribution in [1.29, 1.82) is 0 Å². The summed E-state index contributed by atoms with van der Waals surface area (Å²) in [7, 11) is 0. The number of hydrogen-bond donors (Lipinski definition) is 0. The summed E-state index contributed by atoms with van der Waals surface area (Å²) in [5.41, 5.74) is 0. The van der Waals surface area contributed by atoms with Crippen LogP contribution in [0, 0.1) is 5.21 Å². The summed E-state index contributed by atoms with van der Waals surface area (Å²) in [5.74, 6) is 0. The molecule has 0 amide bonds. The first-order valence-electron chi connectivity index (χ1n) is 1.63. The lowest BCUT2D eigenvalue weighted by atomic mass is 10.8. The van der Waals surface area contributed by atoms with Gasteiger partial charge in [0.15, 0.2) is 0 Å². The molecule has 0 aliphatic carbocycles. The molecule has 4 heteroatoms. The molecule has 0 saturated carbocycles. The largest absolute Gasteiger partial charge is 0.606 e. The Kier molecular flexibility index (Phi) is 1.30. The third-order valence-electron chi connectivity index (χ3n) is 0.498. The summed E-state index contributed by atoms with van der Waals surface area (Å²) >= 11 is 4.24. The van der Waals surface area contributed by atoms with Gasteiger partial charge < -0.3 is 5.21 Å². The van der Waals surface area contributed by atoms with Crippen LogP contribution in [0.25, 0.3) is 0 Å². The van der Waals surface area contributed by atoms with E-state index in [0.717, 1.165) is 20.1 Å². The van der Waals surface area contributed by atoms with Crippen molar-refractivity contribution in [3.63, 3.8) is 0 Å². The third-order valence-corrected chi connectivity index (χ3v) is 1.91. The van der Waals surface area contributed by atoms with E-state index < -0.39 is 0 Å². The van der Waals surface area contributed by atoms with E-state index in [4.69, 9.17) is 0 Å². The van der Waals surface area contributed by atoms with Crippen LogP contribution in [0.3, 0.4) is 0 Å². The van der Waals surface area contributed by atoms with E-state index in [1.54, 1.807) is 5.38 Å². The van der Waals surface area contributed by atoms with Crippen molar-refractivity contribution in [2.75, 3.05) is 0 Å². The Labute approximate surface area is 53.3 Å². The normalized spacial score (nSPS) is 9.29.